The van der Waals surface area contributed by atoms with E-state index in [2.05, 4.69) is 38.7 Å². The maximum atomic E-state index is 12.6. The highest BCUT2D eigenvalue weighted by molar-refractivity contribution is 5.94. The minimum absolute atomic E-state index is 0.0518. The van der Waals surface area contributed by atoms with Crippen LogP contribution in [0, 0.1) is 0 Å². The van der Waals surface area contributed by atoms with Crippen molar-refractivity contribution in [3.05, 3.63) is 65.4 Å². The third-order valence-electron chi connectivity index (χ3n) is 7.20. The number of hydrogen-bond donors (Lipinski definition) is 2. The lowest BCUT2D eigenvalue weighted by Gasteiger charge is -2.31. The summed E-state index contributed by atoms with van der Waals surface area (Å²) in [6, 6.07) is 14.1. The summed E-state index contributed by atoms with van der Waals surface area (Å²) in [6.45, 7) is 4.99. The van der Waals surface area contributed by atoms with E-state index in [1.165, 1.54) is 11.3 Å². The first-order valence-corrected chi connectivity index (χ1v) is 13.3. The molecule has 0 radical (unpaired) electrons. The Kier molecular flexibility index (Phi) is 7.01. The molecule has 1 saturated carbocycles. The summed E-state index contributed by atoms with van der Waals surface area (Å²) in [7, 11) is 0. The van der Waals surface area contributed by atoms with E-state index in [1.54, 1.807) is 0 Å². The molecule has 2 fully saturated rings. The number of nitrogens with one attached hydrogen (secondary N) is 2. The van der Waals surface area contributed by atoms with E-state index in [-0.39, 0.29) is 5.91 Å². The molecule has 37 heavy (non-hydrogen) atoms. The van der Waals surface area contributed by atoms with E-state index in [9.17, 15) is 4.79 Å². The summed E-state index contributed by atoms with van der Waals surface area (Å²) in [4.78, 5) is 24.6. The van der Waals surface area contributed by atoms with Gasteiger partial charge in [0.05, 0.1) is 25.5 Å². The number of amides is 1. The number of hydrogen-bond acceptors (Lipinski definition) is 7. The average molecular weight is 500 g/mol. The maximum absolute atomic E-state index is 12.6. The van der Waals surface area contributed by atoms with Gasteiger partial charge in [0.1, 0.15) is 0 Å². The fourth-order valence-electron chi connectivity index (χ4n) is 4.99. The van der Waals surface area contributed by atoms with Crippen molar-refractivity contribution in [2.45, 2.75) is 38.2 Å². The largest absolute Gasteiger partial charge is 0.378 e. The third kappa shape index (κ3) is 5.60. The number of rotatable bonds is 2. The van der Waals surface area contributed by atoms with Crippen molar-refractivity contribution in [3.8, 4) is 11.3 Å². The van der Waals surface area contributed by atoms with Gasteiger partial charge in [0.2, 0.25) is 5.95 Å². The van der Waals surface area contributed by atoms with Crippen LogP contribution < -0.4 is 15.5 Å². The number of fused-ring (bicyclic) bond motifs is 9. The van der Waals surface area contributed by atoms with Crippen molar-refractivity contribution in [3.63, 3.8) is 0 Å². The molecule has 1 saturated heterocycles. The van der Waals surface area contributed by atoms with E-state index >= 15 is 0 Å². The third-order valence-corrected chi connectivity index (χ3v) is 7.20. The van der Waals surface area contributed by atoms with Crippen LogP contribution in [0.15, 0.2) is 48.7 Å². The Morgan fingerprint density at radius 3 is 2.54 bits per heavy atom. The molecule has 192 valence electrons. The Bertz CT molecular complexity index is 1250. The number of anilines is 3. The summed E-state index contributed by atoms with van der Waals surface area (Å²) < 4.78 is 11.6. The van der Waals surface area contributed by atoms with Crippen molar-refractivity contribution < 1.29 is 14.3 Å². The van der Waals surface area contributed by atoms with Crippen molar-refractivity contribution in [2.75, 3.05) is 49.7 Å². The molecular weight excluding hydrogens is 466 g/mol. The number of nitrogens with zero attached hydrogens (tertiary/aromatic N) is 3. The van der Waals surface area contributed by atoms with Gasteiger partial charge in [0.25, 0.3) is 5.91 Å². The number of carbonyl (C=O) groups is 1. The minimum atomic E-state index is -0.0518. The zero-order chi connectivity index (χ0) is 25.0. The van der Waals surface area contributed by atoms with Crippen LogP contribution in [0.2, 0.25) is 0 Å². The molecule has 6 bridgehead atoms. The summed E-state index contributed by atoms with van der Waals surface area (Å²) >= 11 is 0. The average Bonchev–Trinajstić information content (AvgIpc) is 3.78. The fourth-order valence-corrected chi connectivity index (χ4v) is 4.99. The molecule has 2 N–H and O–H groups in total. The summed E-state index contributed by atoms with van der Waals surface area (Å²) in [5.41, 5.74) is 7.00. The van der Waals surface area contributed by atoms with Gasteiger partial charge < -0.3 is 25.0 Å². The van der Waals surface area contributed by atoms with Gasteiger partial charge in [-0.25, -0.2) is 9.97 Å². The number of carbonyl (C=O) groups excluding carboxylic acids is 1. The molecule has 8 nitrogen and oxygen atoms in total. The molecule has 0 unspecified atom stereocenters. The van der Waals surface area contributed by atoms with Gasteiger partial charge in [-0.15, -0.1) is 0 Å². The number of benzene rings is 2. The van der Waals surface area contributed by atoms with Crippen molar-refractivity contribution in [1.82, 2.24) is 15.3 Å². The SMILES string of the molecule is O=C1NCCCCOCc2cc(ccc2N2CCOCC2)Nc2ncc(C3CC3)c(n2)-c2ccc1cc2. The highest BCUT2D eigenvalue weighted by Gasteiger charge is 2.28. The second-order valence-corrected chi connectivity index (χ2v) is 9.93. The lowest BCUT2D eigenvalue weighted by Crippen LogP contribution is -2.36. The predicted molar refractivity (Wildman–Crippen MR) is 143 cm³/mol. The van der Waals surface area contributed by atoms with Gasteiger partial charge in [0, 0.05) is 66.1 Å². The Morgan fingerprint density at radius 2 is 1.73 bits per heavy atom. The monoisotopic (exact) mass is 499 g/mol. The molecule has 0 spiro atoms. The second kappa shape index (κ2) is 10.9. The van der Waals surface area contributed by atoms with E-state index in [0.717, 1.165) is 74.5 Å². The molecule has 3 aromatic rings. The molecule has 7 rings (SSSR count). The van der Waals surface area contributed by atoms with E-state index in [0.29, 0.717) is 37.2 Å². The standard InChI is InChI=1S/C29H33N5O3/c35-28-22-7-5-21(6-8-22)27-25(20-3-4-20)18-31-29(33-27)32-24-9-10-26(34-12-15-36-16-13-34)23(17-24)19-37-14-2-1-11-30-28/h5-10,17-18,20H,1-4,11-16,19H2,(H,30,35)(H,31,32,33). The first kappa shape index (κ1) is 23.9. The van der Waals surface area contributed by atoms with Gasteiger partial charge in [0.15, 0.2) is 0 Å². The minimum Gasteiger partial charge on any atom is -0.378 e. The lowest BCUT2D eigenvalue weighted by molar-refractivity contribution is 0.0946. The fraction of sp³-hybridized carbons (Fsp3) is 0.414. The number of aromatic nitrogens is 2. The lowest BCUT2D eigenvalue weighted by atomic mass is 10.0. The van der Waals surface area contributed by atoms with Crippen LogP contribution in [0.5, 0.6) is 0 Å². The van der Waals surface area contributed by atoms with Crippen molar-refractivity contribution >= 4 is 23.2 Å². The normalized spacial score (nSPS) is 18.8. The Hall–Kier alpha value is -3.49. The molecule has 0 atom stereocenters. The molecule has 3 aliphatic heterocycles. The Morgan fingerprint density at radius 1 is 0.919 bits per heavy atom. The maximum Gasteiger partial charge on any atom is 0.251 e. The molecule has 2 aromatic carbocycles. The smallest absolute Gasteiger partial charge is 0.251 e. The summed E-state index contributed by atoms with van der Waals surface area (Å²) in [5.74, 6) is 1.01. The summed E-state index contributed by atoms with van der Waals surface area (Å²) in [5, 5.41) is 6.45. The van der Waals surface area contributed by atoms with Gasteiger partial charge in [-0.1, -0.05) is 12.1 Å². The van der Waals surface area contributed by atoms with Crippen LogP contribution in [-0.2, 0) is 16.1 Å². The highest BCUT2D eigenvalue weighted by atomic mass is 16.5. The van der Waals surface area contributed by atoms with Crippen LogP contribution >= 0.6 is 0 Å². The zero-order valence-corrected chi connectivity index (χ0v) is 21.0. The molecule has 1 aromatic heterocycles. The van der Waals surface area contributed by atoms with Crippen LogP contribution in [-0.4, -0.2) is 55.3 Å². The molecule has 1 amide bonds. The van der Waals surface area contributed by atoms with Crippen LogP contribution in [0.25, 0.3) is 11.3 Å². The molecular formula is C29H33N5O3. The van der Waals surface area contributed by atoms with Gasteiger partial charge in [-0.05, 0) is 61.9 Å². The zero-order valence-electron chi connectivity index (χ0n) is 21.0. The molecule has 4 aliphatic rings. The Labute approximate surface area is 217 Å². The second-order valence-electron chi connectivity index (χ2n) is 9.93. The van der Waals surface area contributed by atoms with E-state index in [4.69, 9.17) is 14.5 Å². The van der Waals surface area contributed by atoms with Crippen LogP contribution in [0.1, 0.15) is 53.1 Å². The summed E-state index contributed by atoms with van der Waals surface area (Å²) in [6.07, 6.45) is 6.03. The van der Waals surface area contributed by atoms with Crippen LogP contribution in [0.4, 0.5) is 17.3 Å². The number of ether oxygens (including phenoxy) is 2. The number of morpholine rings is 1. The molecule has 1 aliphatic carbocycles. The van der Waals surface area contributed by atoms with E-state index in [1.807, 2.05) is 30.5 Å². The molecule has 4 heterocycles. The van der Waals surface area contributed by atoms with E-state index < -0.39 is 0 Å². The molecule has 8 heteroatoms. The quantitative estimate of drug-likeness (QED) is 0.531. The first-order chi connectivity index (χ1) is 18.2. The highest BCUT2D eigenvalue weighted by Crippen LogP contribution is 2.44. The predicted octanol–water partition coefficient (Wildman–Crippen LogP) is 4.64. The van der Waals surface area contributed by atoms with Crippen LogP contribution in [0.3, 0.4) is 0 Å². The first-order valence-electron chi connectivity index (χ1n) is 13.3. The van der Waals surface area contributed by atoms with Gasteiger partial charge >= 0.3 is 0 Å². The van der Waals surface area contributed by atoms with Crippen molar-refractivity contribution in [2.24, 2.45) is 0 Å². The topological polar surface area (TPSA) is 88.6 Å². The van der Waals surface area contributed by atoms with Gasteiger partial charge in [-0.3, -0.25) is 4.79 Å². The van der Waals surface area contributed by atoms with Crippen molar-refractivity contribution in [1.29, 1.82) is 0 Å². The van der Waals surface area contributed by atoms with Gasteiger partial charge in [-0.2, -0.15) is 0 Å². The Balaban J connectivity index is 1.35.